The lowest BCUT2D eigenvalue weighted by Crippen LogP contribution is -2.57. The van der Waals surface area contributed by atoms with Crippen LogP contribution in [0.1, 0.15) is 94.0 Å². The maximum Gasteiger partial charge on any atom is 0.263 e. The summed E-state index contributed by atoms with van der Waals surface area (Å²) in [5.41, 5.74) is 8.47. The monoisotopic (exact) mass is 2150 g/mol. The summed E-state index contributed by atoms with van der Waals surface area (Å²) in [7, 11) is -13.3. The van der Waals surface area contributed by atoms with Gasteiger partial charge in [0.15, 0.2) is 10.3 Å². The number of likely N-dealkylation sites (tertiary alicyclic amines) is 1. The number of aliphatic hydroxyl groups is 1. The fourth-order valence-corrected chi connectivity index (χ4v) is 24.2. The van der Waals surface area contributed by atoms with Crippen molar-refractivity contribution < 1.29 is 81.6 Å². The van der Waals surface area contributed by atoms with Crippen LogP contribution in [0, 0.1) is 19.7 Å². The van der Waals surface area contributed by atoms with Gasteiger partial charge >= 0.3 is 0 Å². The second-order valence-electron chi connectivity index (χ2n) is 34.4. The summed E-state index contributed by atoms with van der Waals surface area (Å²) in [5.74, 6) is 1.34. The molecule has 0 bridgehead atoms. The van der Waals surface area contributed by atoms with Gasteiger partial charge in [-0.2, -0.15) is 0 Å². The number of hydrogen-bond acceptors (Lipinski definition) is 27. The van der Waals surface area contributed by atoms with Gasteiger partial charge in [-0.15, -0.1) is 22.7 Å². The number of piperazine rings is 3. The lowest BCUT2D eigenvalue weighted by molar-refractivity contribution is -0.138. The molecule has 8 aromatic carbocycles. The minimum Gasteiger partial charge on any atom is -0.497 e. The molecule has 4 saturated heterocycles. The number of halogens is 4. The third kappa shape index (κ3) is 24.8. The molecular formula is C100H116Cl3FN20O15S6. The Morgan fingerprint density at radius 1 is 0.531 bits per heavy atom. The number of thiazole rings is 2. The summed E-state index contributed by atoms with van der Waals surface area (Å²) in [4.78, 5) is 90.4. The highest BCUT2D eigenvalue weighted by Gasteiger charge is 2.37. The van der Waals surface area contributed by atoms with E-state index < -0.39 is 52.2 Å². The topological polar surface area (TPSA) is 418 Å². The van der Waals surface area contributed by atoms with Crippen LogP contribution in [0.3, 0.4) is 0 Å². The zero-order chi connectivity index (χ0) is 102. The molecule has 4 fully saturated rings. The first-order chi connectivity index (χ1) is 69.7. The highest BCUT2D eigenvalue weighted by Crippen LogP contribution is 2.40. The molecule has 1 unspecified atom stereocenters. The first-order valence-electron chi connectivity index (χ1n) is 46.1. The van der Waals surface area contributed by atoms with Gasteiger partial charge in [0.05, 0.1) is 54.9 Å². The Morgan fingerprint density at radius 3 is 1.56 bits per heavy atom. The number of anilines is 7. The Labute approximate surface area is 871 Å². The Morgan fingerprint density at radius 2 is 1.04 bits per heavy atom. The van der Waals surface area contributed by atoms with E-state index in [2.05, 4.69) is 74.4 Å². The maximum absolute atomic E-state index is 14.1. The van der Waals surface area contributed by atoms with E-state index in [4.69, 9.17) is 44.1 Å². The molecule has 5 N–H and O–H groups in total. The average molecular weight is 2160 g/mol. The number of piperidine rings is 1. The molecule has 19 rings (SSSR count). The fourth-order valence-electron chi connectivity index (χ4n) is 17.8. The molecule has 0 saturated carbocycles. The second kappa shape index (κ2) is 46.1. The van der Waals surface area contributed by atoms with Crippen LogP contribution in [-0.2, 0) is 60.9 Å². The third-order valence-corrected chi connectivity index (χ3v) is 33.5. The summed E-state index contributed by atoms with van der Waals surface area (Å²) in [6.07, 6.45) is 12.8. The van der Waals surface area contributed by atoms with E-state index in [0.29, 0.717) is 157 Å². The highest BCUT2D eigenvalue weighted by atomic mass is 35.5. The number of nitrogens with one attached hydrogen (secondary N) is 4. The standard InChI is InChI=1S/C27H30N6O4S.C25H22Cl2N4O4S2.C25H26FN5O4S2.C23H24ClN5O3S.7H2/c1-19-16-21-17-23(37-3)6-9-25(21)33(19)20(2)27(34)32-14-12-31(13-15-32)22-4-7-24(8-5-22)38(35,36)30-26-10-11-28-18-29-26;1-15-21(23(29-35-15)22-19(26)3-2-4-20(22)27)24(32)31-12-9-17(10-13-31)16-5-7-18(8-6-16)37(33,34)30-25-28-11-14-36-25;1-17(30-11-9-21-22(26)3-2-4-23(21)30)24(33)31-13-12-29(15-19(31)16-32)18-5-7-20(8-6-18)37(34,35)28-25-27-10-14-36-25;24-21-4-2-1-3-18(21)5-10-23(30)29-15-13-28(14-16-29)19-6-8-20(9-7-19)33(31,32)27-22-11-12-25-17-26-22;;;;;;;/h4-11,16-18,20H,12-15H2,1-3H3,(H,28,29,30);2-8,11,14,17H,9-10,12-13H2,1H3,(H,28,30);2-11,14,17,19,32H,12-13,15-16H2,1H3,(H,27,28);1-4,6-9,11-12,17H,5,10,13-16H2,(H,25,26,27);7*1H/t;;17-,19+;;;;;;;;/m..1......../s1. The summed E-state index contributed by atoms with van der Waals surface area (Å²) < 4.78 is 139. The van der Waals surface area contributed by atoms with Gasteiger partial charge in [-0.1, -0.05) is 82.4 Å². The first kappa shape index (κ1) is 104. The van der Waals surface area contributed by atoms with Gasteiger partial charge in [0.25, 0.3) is 46.0 Å². The van der Waals surface area contributed by atoms with Crippen LogP contribution in [0.25, 0.3) is 33.1 Å². The minimum atomic E-state index is -3.76. The smallest absolute Gasteiger partial charge is 0.263 e. The second-order valence-corrected chi connectivity index (χ2v) is 44.1. The quantitative estimate of drug-likeness (QED) is 0.0319. The molecule has 4 amide bonds. The largest absolute Gasteiger partial charge is 0.497 e. The molecule has 770 valence electrons. The molecule has 4 aliphatic rings. The summed E-state index contributed by atoms with van der Waals surface area (Å²) in [6, 6.07) is 55.5. The van der Waals surface area contributed by atoms with Crippen LogP contribution in [0.4, 0.5) is 43.4 Å². The Bertz CT molecular complexity index is 7590. The number of hydrogen-bond donors (Lipinski definition) is 5. The van der Waals surface area contributed by atoms with Crippen molar-refractivity contribution in [2.75, 3.05) is 132 Å². The molecule has 0 spiro atoms. The predicted molar refractivity (Wildman–Crippen MR) is 573 cm³/mol. The van der Waals surface area contributed by atoms with Crippen molar-refractivity contribution in [1.29, 1.82) is 0 Å². The molecule has 15 aromatic rings. The van der Waals surface area contributed by atoms with Crippen LogP contribution in [-0.4, -0.2) is 231 Å². The highest BCUT2D eigenvalue weighted by molar-refractivity contribution is 7.93. The van der Waals surface area contributed by atoms with Gasteiger partial charge < -0.3 is 57.8 Å². The molecule has 3 atom stereocenters. The number of fused-ring (bicyclic) bond motifs is 2. The number of rotatable bonds is 27. The molecule has 45 heteroatoms. The summed E-state index contributed by atoms with van der Waals surface area (Å²) >= 11 is 21.3. The minimum absolute atomic E-state index is 0. The Kier molecular flexibility index (Phi) is 33.1. The SMILES string of the molecule is COc1ccc2c(c1)cc(C)n2C(C)C(=O)N1CCN(c2ccc(S(=O)(=O)Nc3ccncn3)cc2)CC1.C[C@H](C(=O)N1CCN(c2ccc(S(=O)(=O)Nc3nccs3)cc2)C[C@H]1CO)n1ccc2c(F)cccc21.Cc1onc(-c2c(Cl)cccc2Cl)c1C(=O)N1CCC(c2ccc(S(=O)(=O)Nc3nccs3)cc2)CC1.O=C(CCc1ccccc1Cl)N1CCN(c2ccc(S(=O)(=O)Nc3ccncn3)cc2)CC1.[HH].[HH].[HH].[HH].[HH].[HH].[HH]. The number of carbonyl (C=O) groups is 4. The van der Waals surface area contributed by atoms with Gasteiger partial charge in [0.2, 0.25) is 17.7 Å². The number of sulfonamides is 4. The molecular weight excluding hydrogens is 2040 g/mol. The fraction of sp³-hybridized carbons (Fsp3) is 0.270. The Balaban J connectivity index is 0.000000221. The normalized spacial score (nSPS) is 15.3. The number of aryl methyl sites for hydroxylation is 3. The van der Waals surface area contributed by atoms with Crippen LogP contribution in [0.2, 0.25) is 15.1 Å². The summed E-state index contributed by atoms with van der Waals surface area (Å²) in [6.45, 7) is 14.7. The van der Waals surface area contributed by atoms with Gasteiger partial charge in [0, 0.05) is 193 Å². The number of nitrogens with zero attached hydrogens (tertiary/aromatic N) is 16. The van der Waals surface area contributed by atoms with Crippen molar-refractivity contribution in [3.05, 3.63) is 304 Å². The third-order valence-electron chi connectivity index (χ3n) is 25.4. The van der Waals surface area contributed by atoms with Crippen molar-refractivity contribution in [2.24, 2.45) is 0 Å². The van der Waals surface area contributed by atoms with Crippen molar-refractivity contribution >= 4 is 182 Å². The van der Waals surface area contributed by atoms with Crippen molar-refractivity contribution in [1.82, 2.24) is 63.8 Å². The van der Waals surface area contributed by atoms with Gasteiger partial charge in [-0.25, -0.2) is 68.0 Å². The van der Waals surface area contributed by atoms with E-state index in [-0.39, 0.29) is 89.2 Å². The molecule has 7 aromatic heterocycles. The van der Waals surface area contributed by atoms with Crippen molar-refractivity contribution in [3.8, 4) is 17.0 Å². The molecule has 11 heterocycles. The number of ether oxygens (including phenoxy) is 1. The average Bonchev–Trinajstić information content (AvgIpc) is 1.65. The van der Waals surface area contributed by atoms with Crippen LogP contribution in [0.5, 0.6) is 5.75 Å². The van der Waals surface area contributed by atoms with E-state index in [9.17, 15) is 62.3 Å². The van der Waals surface area contributed by atoms with E-state index in [1.807, 2.05) is 83.1 Å². The van der Waals surface area contributed by atoms with Crippen molar-refractivity contribution in [3.63, 3.8) is 0 Å². The molecule has 0 aliphatic carbocycles. The molecule has 4 aliphatic heterocycles. The summed E-state index contributed by atoms with van der Waals surface area (Å²) in [5, 5.41) is 21.2. The molecule has 145 heavy (non-hydrogen) atoms. The lowest BCUT2D eigenvalue weighted by atomic mass is 9.89. The molecule has 35 nitrogen and oxygen atoms in total. The van der Waals surface area contributed by atoms with E-state index >= 15 is 0 Å². The van der Waals surface area contributed by atoms with Gasteiger partial charge in [0.1, 0.15) is 65.0 Å². The van der Waals surface area contributed by atoms with E-state index in [1.54, 1.807) is 168 Å². The number of aliphatic hydroxyl groups excluding tert-OH is 1. The predicted octanol–water partition coefficient (Wildman–Crippen LogP) is 17.9. The Hall–Kier alpha value is -13.7. The van der Waals surface area contributed by atoms with Gasteiger partial charge in [-0.3, -0.25) is 38.1 Å². The maximum atomic E-state index is 14.1. The number of benzene rings is 8. The zero-order valence-electron chi connectivity index (χ0n) is 79.1. The number of amides is 4. The number of carbonyl (C=O) groups excluding carboxylic acids is 4. The van der Waals surface area contributed by atoms with Crippen LogP contribution in [0.15, 0.2) is 279 Å². The van der Waals surface area contributed by atoms with Crippen LogP contribution >= 0.6 is 57.5 Å². The number of aromatic nitrogens is 9. The van der Waals surface area contributed by atoms with Crippen LogP contribution < -0.4 is 38.3 Å². The van der Waals surface area contributed by atoms with Gasteiger partial charge in [-0.05, 0) is 222 Å². The van der Waals surface area contributed by atoms with Crippen molar-refractivity contribution in [2.45, 2.75) is 97.0 Å². The molecule has 0 radical (unpaired) electrons. The lowest BCUT2D eigenvalue weighted by Gasteiger charge is -2.42. The zero-order valence-corrected chi connectivity index (χ0v) is 86.2. The van der Waals surface area contributed by atoms with E-state index in [1.165, 1.54) is 84.3 Å². The number of methoxy groups -OCH3 is 1. The first-order valence-corrected chi connectivity index (χ1v) is 54.9. The van der Waals surface area contributed by atoms with E-state index in [0.717, 1.165) is 63.4 Å².